The van der Waals surface area contributed by atoms with Crippen molar-refractivity contribution in [3.63, 3.8) is 0 Å². The Morgan fingerprint density at radius 1 is 1.50 bits per heavy atom. The maximum absolute atomic E-state index is 12.8. The summed E-state index contributed by atoms with van der Waals surface area (Å²) in [4.78, 5) is 3.47. The number of hydrogen-bond donors (Lipinski definition) is 0. The molecule has 1 heterocycles. The molecule has 0 aliphatic heterocycles. The van der Waals surface area contributed by atoms with E-state index in [0.717, 1.165) is 6.07 Å². The van der Waals surface area contributed by atoms with E-state index >= 15 is 0 Å². The quantitative estimate of drug-likeness (QED) is 0.628. The Balaban J connectivity index is 3.28. The Bertz CT molecular complexity index is 301. The number of pyridine rings is 1. The van der Waals surface area contributed by atoms with Gasteiger partial charge in [-0.05, 0) is 13.0 Å². The number of hydrogen-bond acceptors (Lipinski definition) is 1. The molecule has 0 saturated carbocycles. The molecule has 0 aromatic carbocycles. The molecule has 1 rings (SSSR count). The van der Waals surface area contributed by atoms with E-state index in [1.807, 2.05) is 0 Å². The molecule has 1 aromatic heterocycles. The lowest BCUT2D eigenvalue weighted by atomic mass is 10.2. The van der Waals surface area contributed by atoms with Gasteiger partial charge in [0.05, 0.1) is 11.3 Å². The summed E-state index contributed by atoms with van der Waals surface area (Å²) in [6.07, 6.45) is -2.86. The summed E-state index contributed by atoms with van der Waals surface area (Å²) in [7, 11) is 0. The minimum absolute atomic E-state index is 0.113. The van der Waals surface area contributed by atoms with Gasteiger partial charge in [0.2, 0.25) is 0 Å². The molecule has 0 N–H and O–H groups in total. The van der Waals surface area contributed by atoms with Crippen LogP contribution in [0.5, 0.6) is 0 Å². The highest BCUT2D eigenvalue weighted by Crippen LogP contribution is 2.25. The summed E-state index contributed by atoms with van der Waals surface area (Å²) in [6.45, 7) is 1.28. The van der Waals surface area contributed by atoms with Gasteiger partial charge in [-0.2, -0.15) is 0 Å². The molecule has 0 radical (unpaired) electrons. The fraction of sp³-hybridized carbons (Fsp3) is 0.286. The highest BCUT2D eigenvalue weighted by molar-refractivity contribution is 6.29. The Morgan fingerprint density at radius 3 is 2.58 bits per heavy atom. The van der Waals surface area contributed by atoms with Gasteiger partial charge in [0.15, 0.2) is 5.82 Å². The smallest absolute Gasteiger partial charge is 0.238 e. The van der Waals surface area contributed by atoms with Gasteiger partial charge in [0, 0.05) is 0 Å². The first-order valence-electron chi connectivity index (χ1n) is 3.13. The molecule has 5 heteroatoms. The van der Waals surface area contributed by atoms with Gasteiger partial charge in [-0.3, -0.25) is 0 Å². The van der Waals surface area contributed by atoms with Crippen molar-refractivity contribution in [1.82, 2.24) is 4.98 Å². The van der Waals surface area contributed by atoms with E-state index in [9.17, 15) is 13.2 Å². The van der Waals surface area contributed by atoms with E-state index in [4.69, 9.17) is 11.6 Å². The van der Waals surface area contributed by atoms with E-state index in [1.54, 1.807) is 0 Å². The fourth-order valence-electron chi connectivity index (χ4n) is 0.801. The Morgan fingerprint density at radius 2 is 2.08 bits per heavy atom. The van der Waals surface area contributed by atoms with Crippen LogP contribution < -0.4 is 0 Å². The van der Waals surface area contributed by atoms with E-state index in [1.165, 1.54) is 6.92 Å². The molecular formula is C7H5ClF3N. The normalized spacial score (nSPS) is 10.8. The minimum Gasteiger partial charge on any atom is -0.238 e. The first-order valence-corrected chi connectivity index (χ1v) is 3.51. The van der Waals surface area contributed by atoms with Crippen LogP contribution in [0.3, 0.4) is 0 Å². The topological polar surface area (TPSA) is 12.9 Å². The highest BCUT2D eigenvalue weighted by atomic mass is 35.5. The maximum Gasteiger partial charge on any atom is 0.266 e. The first-order chi connectivity index (χ1) is 5.52. The van der Waals surface area contributed by atoms with Gasteiger partial charge < -0.3 is 0 Å². The second-order valence-electron chi connectivity index (χ2n) is 2.23. The molecule has 0 aliphatic carbocycles. The molecule has 0 aliphatic rings. The van der Waals surface area contributed by atoms with Gasteiger partial charge in [-0.1, -0.05) is 11.6 Å². The predicted molar refractivity (Wildman–Crippen MR) is 38.9 cm³/mol. The molecule has 1 aromatic rings. The minimum atomic E-state index is -2.86. The van der Waals surface area contributed by atoms with Crippen LogP contribution in [0.1, 0.15) is 17.7 Å². The number of nitrogens with zero attached hydrogens (tertiary/aromatic N) is 1. The molecule has 66 valence electrons. The maximum atomic E-state index is 12.8. The monoisotopic (exact) mass is 195 g/mol. The molecule has 0 atom stereocenters. The number of rotatable bonds is 1. The Kier molecular flexibility index (Phi) is 2.57. The molecule has 0 spiro atoms. The summed E-state index contributed by atoms with van der Waals surface area (Å²) in [5.41, 5.74) is -0.815. The number of alkyl halides is 2. The zero-order valence-corrected chi connectivity index (χ0v) is 6.87. The zero-order chi connectivity index (χ0) is 9.30. The number of halogens is 4. The number of aryl methyl sites for hydroxylation is 1. The van der Waals surface area contributed by atoms with Crippen LogP contribution in [-0.4, -0.2) is 4.98 Å². The van der Waals surface area contributed by atoms with Crippen molar-refractivity contribution in [2.75, 3.05) is 0 Å². The summed E-state index contributed by atoms with van der Waals surface area (Å²) in [5.74, 6) is -0.991. The first kappa shape index (κ1) is 9.32. The Hall–Kier alpha value is -0.770. The van der Waals surface area contributed by atoms with Crippen LogP contribution >= 0.6 is 11.6 Å². The van der Waals surface area contributed by atoms with E-state index in [-0.39, 0.29) is 10.8 Å². The third-order valence-electron chi connectivity index (χ3n) is 1.36. The van der Waals surface area contributed by atoms with Crippen LogP contribution in [0.25, 0.3) is 0 Å². The molecule has 0 saturated heterocycles. The average Bonchev–Trinajstić information content (AvgIpc) is 1.96. The lowest BCUT2D eigenvalue weighted by Crippen LogP contribution is -1.97. The van der Waals surface area contributed by atoms with Crippen molar-refractivity contribution in [2.45, 2.75) is 13.3 Å². The molecule has 1 nitrogen and oxygen atoms in total. The van der Waals surface area contributed by atoms with Crippen molar-refractivity contribution >= 4 is 11.6 Å². The Labute approximate surface area is 72.2 Å². The van der Waals surface area contributed by atoms with Crippen molar-refractivity contribution in [1.29, 1.82) is 0 Å². The van der Waals surface area contributed by atoms with Gasteiger partial charge in [0.1, 0.15) is 5.15 Å². The van der Waals surface area contributed by atoms with Gasteiger partial charge >= 0.3 is 0 Å². The predicted octanol–water partition coefficient (Wildman–Crippen LogP) is 3.12. The van der Waals surface area contributed by atoms with E-state index in [2.05, 4.69) is 4.98 Å². The van der Waals surface area contributed by atoms with Crippen molar-refractivity contribution < 1.29 is 13.2 Å². The number of aromatic nitrogens is 1. The van der Waals surface area contributed by atoms with Crippen LogP contribution in [-0.2, 0) is 0 Å². The summed E-state index contributed by atoms with van der Waals surface area (Å²) < 4.78 is 37.0. The highest BCUT2D eigenvalue weighted by Gasteiger charge is 2.16. The molecule has 0 bridgehead atoms. The summed E-state index contributed by atoms with van der Waals surface area (Å²) in [5, 5.41) is -0.121. The SMILES string of the molecule is Cc1nc(Cl)cc(C(F)F)c1F. The third kappa shape index (κ3) is 1.69. The fourth-order valence-corrected chi connectivity index (χ4v) is 1.05. The van der Waals surface area contributed by atoms with Gasteiger partial charge in [-0.15, -0.1) is 0 Å². The van der Waals surface area contributed by atoms with Crippen molar-refractivity contribution in [3.05, 3.63) is 28.3 Å². The van der Waals surface area contributed by atoms with E-state index in [0.29, 0.717) is 0 Å². The van der Waals surface area contributed by atoms with Crippen molar-refractivity contribution in [2.24, 2.45) is 0 Å². The van der Waals surface area contributed by atoms with Gasteiger partial charge in [0.25, 0.3) is 6.43 Å². The molecular weight excluding hydrogens is 191 g/mol. The second kappa shape index (κ2) is 3.31. The standard InChI is InChI=1S/C7H5ClF3N/c1-3-6(9)4(7(10)11)2-5(8)12-3/h2,7H,1H3. The largest absolute Gasteiger partial charge is 0.266 e. The van der Waals surface area contributed by atoms with Crippen molar-refractivity contribution in [3.8, 4) is 0 Å². The summed E-state index contributed by atoms with van der Waals surface area (Å²) >= 11 is 5.36. The molecule has 12 heavy (non-hydrogen) atoms. The zero-order valence-electron chi connectivity index (χ0n) is 6.11. The van der Waals surface area contributed by atoms with Crippen LogP contribution in [0.15, 0.2) is 6.07 Å². The van der Waals surface area contributed by atoms with Gasteiger partial charge in [-0.25, -0.2) is 18.2 Å². The lowest BCUT2D eigenvalue weighted by Gasteiger charge is -2.03. The average molecular weight is 196 g/mol. The summed E-state index contributed by atoms with van der Waals surface area (Å²) in [6, 6.07) is 0.828. The van der Waals surface area contributed by atoms with Crippen LogP contribution in [0.2, 0.25) is 5.15 Å². The molecule has 0 unspecified atom stereocenters. The van der Waals surface area contributed by atoms with E-state index < -0.39 is 17.8 Å². The second-order valence-corrected chi connectivity index (χ2v) is 2.62. The third-order valence-corrected chi connectivity index (χ3v) is 1.55. The van der Waals surface area contributed by atoms with Crippen LogP contribution in [0, 0.1) is 12.7 Å². The molecule has 0 amide bonds. The molecule has 0 fully saturated rings. The lowest BCUT2D eigenvalue weighted by molar-refractivity contribution is 0.146. The van der Waals surface area contributed by atoms with Crippen LogP contribution in [0.4, 0.5) is 13.2 Å².